The number of hydrogen-bond donors (Lipinski definition) is 0. The number of carbonyl (C=O) groups is 1. The minimum Gasteiger partial charge on any atom is -0.336 e. The molecule has 1 aromatic carbocycles. The van der Waals surface area contributed by atoms with E-state index < -0.39 is 10.8 Å². The van der Waals surface area contributed by atoms with Gasteiger partial charge in [-0.2, -0.15) is 4.80 Å². The van der Waals surface area contributed by atoms with Crippen LogP contribution in [-0.4, -0.2) is 58.8 Å². The quantitative estimate of drug-likeness (QED) is 0.800. The maximum absolute atomic E-state index is 12.4. The lowest BCUT2D eigenvalue weighted by Crippen LogP contribution is -2.44. The van der Waals surface area contributed by atoms with Gasteiger partial charge in [0.15, 0.2) is 0 Å². The zero-order valence-corrected chi connectivity index (χ0v) is 12.6. The van der Waals surface area contributed by atoms with E-state index in [-0.39, 0.29) is 23.7 Å². The van der Waals surface area contributed by atoms with Gasteiger partial charge in [-0.25, -0.2) is 0 Å². The van der Waals surface area contributed by atoms with Gasteiger partial charge >= 0.3 is 0 Å². The Hall–Kier alpha value is -2.09. The first-order valence-electron chi connectivity index (χ1n) is 7.20. The summed E-state index contributed by atoms with van der Waals surface area (Å²) >= 11 is 0. The summed E-state index contributed by atoms with van der Waals surface area (Å²) in [6.45, 7) is 0.673. The van der Waals surface area contributed by atoms with Gasteiger partial charge in [0, 0.05) is 34.7 Å². The molecule has 1 amide bonds. The second kappa shape index (κ2) is 5.28. The maximum atomic E-state index is 12.4. The third kappa shape index (κ3) is 2.33. The fourth-order valence-electron chi connectivity index (χ4n) is 3.08. The highest BCUT2D eigenvalue weighted by Crippen LogP contribution is 2.30. The van der Waals surface area contributed by atoms with E-state index in [9.17, 15) is 9.00 Å². The Kier molecular flexibility index (Phi) is 3.25. The van der Waals surface area contributed by atoms with Crippen LogP contribution in [0.15, 0.2) is 30.3 Å². The summed E-state index contributed by atoms with van der Waals surface area (Å²) in [7, 11) is -0.760. The van der Waals surface area contributed by atoms with E-state index in [2.05, 4.69) is 15.4 Å². The summed E-state index contributed by atoms with van der Waals surface area (Å²) in [5, 5.41) is 12.3. The fourth-order valence-corrected chi connectivity index (χ4v) is 4.81. The topological polar surface area (TPSA) is 81.0 Å². The van der Waals surface area contributed by atoms with Crippen molar-refractivity contribution in [1.82, 2.24) is 25.1 Å². The van der Waals surface area contributed by atoms with Crippen LogP contribution in [0.4, 0.5) is 0 Å². The number of tetrazole rings is 1. The van der Waals surface area contributed by atoms with Gasteiger partial charge in [0.05, 0.1) is 5.25 Å². The third-order valence-corrected chi connectivity index (χ3v) is 5.98. The molecule has 0 N–H and O–H groups in total. The molecule has 0 aliphatic carbocycles. The Morgan fingerprint density at radius 1 is 1.32 bits per heavy atom. The van der Waals surface area contributed by atoms with Crippen LogP contribution in [0.25, 0.3) is 11.4 Å². The summed E-state index contributed by atoms with van der Waals surface area (Å²) in [6, 6.07) is 9.65. The lowest BCUT2D eigenvalue weighted by Gasteiger charge is -2.26. The van der Waals surface area contributed by atoms with Crippen molar-refractivity contribution in [2.24, 2.45) is 0 Å². The van der Waals surface area contributed by atoms with Crippen molar-refractivity contribution in [2.75, 3.05) is 12.3 Å². The predicted octanol–water partition coefficient (Wildman–Crippen LogP) is 0.0719. The van der Waals surface area contributed by atoms with Crippen LogP contribution < -0.4 is 0 Å². The normalized spacial score (nSPS) is 26.5. The molecule has 0 saturated carbocycles. The number of rotatable bonds is 3. The number of fused-ring (bicyclic) bond motifs is 2. The highest BCUT2D eigenvalue weighted by atomic mass is 32.2. The van der Waals surface area contributed by atoms with Gasteiger partial charge in [-0.1, -0.05) is 30.3 Å². The molecular formula is C14H15N5O2S. The van der Waals surface area contributed by atoms with Crippen molar-refractivity contribution in [1.29, 1.82) is 0 Å². The molecule has 114 valence electrons. The minimum absolute atomic E-state index is 0.0267. The number of likely N-dealkylation sites (tertiary alicyclic amines) is 1. The molecule has 2 saturated heterocycles. The highest BCUT2D eigenvalue weighted by molar-refractivity contribution is 7.86. The van der Waals surface area contributed by atoms with Crippen molar-refractivity contribution in [2.45, 2.75) is 24.3 Å². The van der Waals surface area contributed by atoms with E-state index >= 15 is 0 Å². The molecule has 0 radical (unpaired) electrons. The average molecular weight is 317 g/mol. The minimum atomic E-state index is -0.760. The first-order valence-corrected chi connectivity index (χ1v) is 8.59. The predicted molar refractivity (Wildman–Crippen MR) is 80.2 cm³/mol. The molecule has 0 spiro atoms. The van der Waals surface area contributed by atoms with Gasteiger partial charge in [-0.15, -0.1) is 10.2 Å². The average Bonchev–Trinajstić information content (AvgIpc) is 3.23. The zero-order chi connectivity index (χ0) is 15.1. The molecular weight excluding hydrogens is 302 g/mol. The van der Waals surface area contributed by atoms with Crippen LogP contribution in [0.1, 0.15) is 6.42 Å². The first-order chi connectivity index (χ1) is 10.7. The van der Waals surface area contributed by atoms with Crippen LogP contribution in [0.3, 0.4) is 0 Å². The molecule has 2 aliphatic rings. The van der Waals surface area contributed by atoms with E-state index in [0.29, 0.717) is 18.1 Å². The van der Waals surface area contributed by atoms with Crippen LogP contribution >= 0.6 is 0 Å². The molecule has 4 rings (SSSR count). The lowest BCUT2D eigenvalue weighted by atomic mass is 10.2. The first kappa shape index (κ1) is 13.6. The second-order valence-corrected chi connectivity index (χ2v) is 7.38. The number of carbonyl (C=O) groups excluding carboxylic acids is 1. The van der Waals surface area contributed by atoms with Crippen LogP contribution in [0.2, 0.25) is 0 Å². The van der Waals surface area contributed by atoms with E-state index in [1.807, 2.05) is 35.2 Å². The third-order valence-electron chi connectivity index (χ3n) is 4.19. The molecule has 3 heterocycles. The lowest BCUT2D eigenvalue weighted by molar-refractivity contribution is -0.132. The van der Waals surface area contributed by atoms with Crippen LogP contribution in [0.5, 0.6) is 0 Å². The summed E-state index contributed by atoms with van der Waals surface area (Å²) in [6.07, 6.45) is 0.860. The smallest absolute Gasteiger partial charge is 0.246 e. The monoisotopic (exact) mass is 317 g/mol. The standard InChI is InChI=1S/C14H15N5O2S/c20-13(18-7-12-6-11(18)9-22(12)21)8-19-16-14(15-17-19)10-4-2-1-3-5-10/h1-5,11-12H,6-9H2/t11-,12-,22?/m0/s1. The van der Waals surface area contributed by atoms with Gasteiger partial charge in [0.2, 0.25) is 11.7 Å². The highest BCUT2D eigenvalue weighted by Gasteiger charge is 2.45. The molecule has 2 bridgehead atoms. The Labute approximate surface area is 129 Å². The zero-order valence-electron chi connectivity index (χ0n) is 11.8. The number of hydrogen-bond acceptors (Lipinski definition) is 5. The Morgan fingerprint density at radius 2 is 2.14 bits per heavy atom. The van der Waals surface area contributed by atoms with Crippen molar-refractivity contribution < 1.29 is 9.00 Å². The van der Waals surface area contributed by atoms with Gasteiger partial charge in [-0.3, -0.25) is 9.00 Å². The summed E-state index contributed by atoms with van der Waals surface area (Å²) in [4.78, 5) is 15.5. The molecule has 2 aromatic rings. The molecule has 22 heavy (non-hydrogen) atoms. The molecule has 1 aromatic heterocycles. The van der Waals surface area contributed by atoms with Crippen LogP contribution in [0, 0.1) is 0 Å². The van der Waals surface area contributed by atoms with E-state index in [4.69, 9.17) is 0 Å². The van der Waals surface area contributed by atoms with E-state index in [0.717, 1.165) is 12.0 Å². The number of benzene rings is 1. The maximum Gasteiger partial charge on any atom is 0.246 e. The van der Waals surface area contributed by atoms with Crippen molar-refractivity contribution in [3.05, 3.63) is 30.3 Å². The second-order valence-electron chi connectivity index (χ2n) is 5.61. The van der Waals surface area contributed by atoms with Crippen molar-refractivity contribution in [3.8, 4) is 11.4 Å². The molecule has 1 unspecified atom stereocenters. The molecule has 2 fully saturated rings. The largest absolute Gasteiger partial charge is 0.336 e. The van der Waals surface area contributed by atoms with Crippen LogP contribution in [-0.2, 0) is 22.1 Å². The van der Waals surface area contributed by atoms with E-state index in [1.54, 1.807) is 0 Å². The van der Waals surface area contributed by atoms with Gasteiger partial charge in [-0.05, 0) is 11.6 Å². The number of amides is 1. The van der Waals surface area contributed by atoms with Gasteiger partial charge in [0.1, 0.15) is 6.54 Å². The summed E-state index contributed by atoms with van der Waals surface area (Å²) in [5.74, 6) is 1.09. The van der Waals surface area contributed by atoms with Gasteiger partial charge < -0.3 is 4.90 Å². The van der Waals surface area contributed by atoms with Crippen molar-refractivity contribution in [3.63, 3.8) is 0 Å². The molecule has 7 nitrogen and oxygen atoms in total. The fraction of sp³-hybridized carbons (Fsp3) is 0.429. The molecule has 2 aliphatic heterocycles. The van der Waals surface area contributed by atoms with Crippen molar-refractivity contribution >= 4 is 16.7 Å². The summed E-state index contributed by atoms with van der Waals surface area (Å²) in [5.41, 5.74) is 0.872. The van der Waals surface area contributed by atoms with Gasteiger partial charge in [0.25, 0.3) is 0 Å². The summed E-state index contributed by atoms with van der Waals surface area (Å²) < 4.78 is 11.7. The Bertz CT molecular complexity index is 732. The molecule has 8 heteroatoms. The SMILES string of the molecule is O=C(Cn1nnc(-c2ccccc2)n1)N1C[C@@H]2C[C@H]1CS2=O. The Morgan fingerprint density at radius 3 is 2.82 bits per heavy atom. The van der Waals surface area contributed by atoms with E-state index in [1.165, 1.54) is 4.80 Å². The Balaban J connectivity index is 1.45. The number of aromatic nitrogens is 4. The molecule has 3 atom stereocenters. The number of nitrogens with zero attached hydrogens (tertiary/aromatic N) is 5.